The van der Waals surface area contributed by atoms with E-state index in [1.807, 2.05) is 6.92 Å². The lowest BCUT2D eigenvalue weighted by atomic mass is 10.2. The number of esters is 1. The molecule has 10 nitrogen and oxygen atoms in total. The molecule has 0 fully saturated rings. The van der Waals surface area contributed by atoms with Crippen molar-refractivity contribution in [3.63, 3.8) is 0 Å². The molecule has 0 aliphatic rings. The quantitative estimate of drug-likeness (QED) is 0.231. The van der Waals surface area contributed by atoms with Crippen molar-refractivity contribution in [2.24, 2.45) is 4.99 Å². The van der Waals surface area contributed by atoms with Gasteiger partial charge in [-0.1, -0.05) is 11.3 Å². The van der Waals surface area contributed by atoms with Crippen LogP contribution < -0.4 is 4.80 Å². The number of aromatic nitrogens is 1. The summed E-state index contributed by atoms with van der Waals surface area (Å²) >= 11 is 1.20. The summed E-state index contributed by atoms with van der Waals surface area (Å²) in [4.78, 5) is 39.0. The second kappa shape index (κ2) is 9.46. The summed E-state index contributed by atoms with van der Waals surface area (Å²) in [6.07, 6.45) is 0. The number of hydrogen-bond acceptors (Lipinski definition) is 8. The fourth-order valence-corrected chi connectivity index (χ4v) is 3.79. The van der Waals surface area contributed by atoms with Gasteiger partial charge in [-0.15, -0.1) is 0 Å². The lowest BCUT2D eigenvalue weighted by Gasteiger charge is -2.06. The molecule has 1 aromatic carbocycles. The van der Waals surface area contributed by atoms with E-state index in [-0.39, 0.29) is 12.4 Å². The van der Waals surface area contributed by atoms with E-state index in [1.54, 1.807) is 29.7 Å². The third-order valence-electron chi connectivity index (χ3n) is 4.04. The van der Waals surface area contributed by atoms with Crippen molar-refractivity contribution < 1.29 is 28.4 Å². The zero-order valence-corrected chi connectivity index (χ0v) is 17.1. The van der Waals surface area contributed by atoms with Crippen LogP contribution in [0.15, 0.2) is 39.7 Å². The van der Waals surface area contributed by atoms with Crippen molar-refractivity contribution in [3.05, 3.63) is 56.6 Å². The normalized spacial score (nSPS) is 11.7. The van der Waals surface area contributed by atoms with E-state index >= 15 is 0 Å². The lowest BCUT2D eigenvalue weighted by Crippen LogP contribution is -2.19. The molecule has 158 valence electrons. The second-order valence-electron chi connectivity index (χ2n) is 5.95. The number of ether oxygens (including phenoxy) is 2. The van der Waals surface area contributed by atoms with Crippen LogP contribution in [0.25, 0.3) is 10.2 Å². The molecule has 30 heavy (non-hydrogen) atoms. The number of carbonyl (C=O) groups is 2. The topological polar surface area (TPSA) is 126 Å². The van der Waals surface area contributed by atoms with E-state index in [4.69, 9.17) is 13.9 Å². The molecule has 11 heteroatoms. The summed E-state index contributed by atoms with van der Waals surface area (Å²) < 4.78 is 17.9. The van der Waals surface area contributed by atoms with Crippen LogP contribution in [-0.2, 0) is 16.0 Å². The summed E-state index contributed by atoms with van der Waals surface area (Å²) in [5, 5.41) is 10.8. The van der Waals surface area contributed by atoms with Gasteiger partial charge in [0.25, 0.3) is 0 Å². The van der Waals surface area contributed by atoms with Crippen molar-refractivity contribution in [1.29, 1.82) is 0 Å². The molecule has 1 amide bonds. The maximum atomic E-state index is 12.5. The minimum Gasteiger partial charge on any atom is -0.462 e. The van der Waals surface area contributed by atoms with Crippen LogP contribution in [0.3, 0.4) is 0 Å². The molecule has 0 saturated heterocycles. The van der Waals surface area contributed by atoms with E-state index in [0.29, 0.717) is 30.1 Å². The third-order valence-corrected chi connectivity index (χ3v) is 5.08. The summed E-state index contributed by atoms with van der Waals surface area (Å²) in [7, 11) is 0. The molecule has 0 saturated carbocycles. The number of hydrogen-bond donors (Lipinski definition) is 0. The molecule has 2 heterocycles. The van der Waals surface area contributed by atoms with Gasteiger partial charge in [-0.05, 0) is 38.1 Å². The maximum Gasteiger partial charge on any atom is 0.433 e. The molecular weight excluding hydrogens is 414 g/mol. The Morgan fingerprint density at radius 1 is 1.23 bits per heavy atom. The fourth-order valence-electron chi connectivity index (χ4n) is 2.70. The lowest BCUT2D eigenvalue weighted by molar-refractivity contribution is -0.402. The Kier molecular flexibility index (Phi) is 6.75. The standard InChI is InChI=1S/C19H19N3O7S/c1-3-27-10-9-21-13-6-5-12(18(24)28-4-2)11-15(13)30-19(21)20-17(23)14-7-8-16(29-14)22(25)26/h5-8,11H,3-4,9-10H2,1-2H3. The molecule has 0 bridgehead atoms. The molecule has 0 aliphatic heterocycles. The molecule has 0 unspecified atom stereocenters. The van der Waals surface area contributed by atoms with E-state index in [2.05, 4.69) is 4.99 Å². The number of nitro groups is 1. The first-order chi connectivity index (χ1) is 14.4. The van der Waals surface area contributed by atoms with Crippen LogP contribution in [0.4, 0.5) is 5.88 Å². The van der Waals surface area contributed by atoms with Gasteiger partial charge in [-0.25, -0.2) is 4.79 Å². The molecule has 0 radical (unpaired) electrons. The third kappa shape index (κ3) is 4.63. The van der Waals surface area contributed by atoms with Crippen molar-refractivity contribution >= 4 is 39.3 Å². The van der Waals surface area contributed by atoms with Gasteiger partial charge < -0.3 is 18.5 Å². The minimum absolute atomic E-state index is 0.234. The number of fused-ring (bicyclic) bond motifs is 1. The van der Waals surface area contributed by atoms with Gasteiger partial charge in [0, 0.05) is 13.2 Å². The Hall–Kier alpha value is -3.31. The number of benzene rings is 1. The van der Waals surface area contributed by atoms with Crippen molar-refractivity contribution in [1.82, 2.24) is 4.57 Å². The summed E-state index contributed by atoms with van der Waals surface area (Å²) in [6, 6.07) is 7.39. The van der Waals surface area contributed by atoms with E-state index in [9.17, 15) is 19.7 Å². The van der Waals surface area contributed by atoms with Gasteiger partial charge in [-0.2, -0.15) is 4.99 Å². The SMILES string of the molecule is CCOCCn1c(=NC(=O)c2ccc([N+](=O)[O-])o2)sc2cc(C(=O)OCC)ccc21. The number of nitrogens with zero attached hydrogens (tertiary/aromatic N) is 3. The van der Waals surface area contributed by atoms with E-state index < -0.39 is 22.7 Å². The smallest absolute Gasteiger partial charge is 0.433 e. The number of rotatable bonds is 8. The van der Waals surface area contributed by atoms with Crippen LogP contribution in [0.1, 0.15) is 34.8 Å². The highest BCUT2D eigenvalue weighted by atomic mass is 32.1. The highest BCUT2D eigenvalue weighted by molar-refractivity contribution is 7.16. The van der Waals surface area contributed by atoms with Gasteiger partial charge in [0.1, 0.15) is 4.92 Å². The van der Waals surface area contributed by atoms with Crippen LogP contribution in [0.5, 0.6) is 0 Å². The Bertz CT molecular complexity index is 1160. The van der Waals surface area contributed by atoms with Gasteiger partial charge in [0.2, 0.25) is 5.76 Å². The Balaban J connectivity index is 2.04. The van der Waals surface area contributed by atoms with Gasteiger partial charge in [0.05, 0.1) is 35.1 Å². The first kappa shape index (κ1) is 21.4. The van der Waals surface area contributed by atoms with Crippen LogP contribution in [0.2, 0.25) is 0 Å². The molecule has 0 atom stereocenters. The van der Waals surface area contributed by atoms with Crippen molar-refractivity contribution in [2.45, 2.75) is 20.4 Å². The van der Waals surface area contributed by atoms with Gasteiger partial charge >= 0.3 is 17.8 Å². The number of carbonyl (C=O) groups excluding carboxylic acids is 2. The number of amides is 1. The highest BCUT2D eigenvalue weighted by Gasteiger charge is 2.18. The molecule has 3 aromatic rings. The van der Waals surface area contributed by atoms with Gasteiger partial charge in [-0.3, -0.25) is 14.9 Å². The van der Waals surface area contributed by atoms with Crippen molar-refractivity contribution in [3.8, 4) is 0 Å². The zero-order valence-electron chi connectivity index (χ0n) is 16.3. The Labute approximate surface area is 174 Å². The van der Waals surface area contributed by atoms with Crippen molar-refractivity contribution in [2.75, 3.05) is 19.8 Å². The average Bonchev–Trinajstić information content (AvgIpc) is 3.33. The molecule has 3 rings (SSSR count). The molecule has 0 spiro atoms. The van der Waals surface area contributed by atoms with Crippen LogP contribution >= 0.6 is 11.3 Å². The van der Waals surface area contributed by atoms with E-state index in [1.165, 1.54) is 17.4 Å². The fraction of sp³-hybridized carbons (Fsp3) is 0.316. The summed E-state index contributed by atoms with van der Waals surface area (Å²) in [5.74, 6) is -1.95. The largest absolute Gasteiger partial charge is 0.462 e. The number of thiazole rings is 1. The first-order valence-electron chi connectivity index (χ1n) is 9.16. The monoisotopic (exact) mass is 433 g/mol. The summed E-state index contributed by atoms with van der Waals surface area (Å²) in [5.41, 5.74) is 1.16. The van der Waals surface area contributed by atoms with Crippen LogP contribution in [0, 0.1) is 10.1 Å². The van der Waals surface area contributed by atoms with E-state index in [0.717, 1.165) is 16.3 Å². The molecule has 0 aliphatic carbocycles. The summed E-state index contributed by atoms with van der Waals surface area (Å²) in [6.45, 7) is 5.23. The Morgan fingerprint density at radius 3 is 2.70 bits per heavy atom. The first-order valence-corrected chi connectivity index (χ1v) is 9.97. The molecular formula is C19H19N3O7S. The number of furan rings is 1. The predicted molar refractivity (Wildman–Crippen MR) is 108 cm³/mol. The highest BCUT2D eigenvalue weighted by Crippen LogP contribution is 2.21. The average molecular weight is 433 g/mol. The molecule has 2 aromatic heterocycles. The Morgan fingerprint density at radius 2 is 2.03 bits per heavy atom. The van der Waals surface area contributed by atoms with Gasteiger partial charge in [0.15, 0.2) is 4.80 Å². The van der Waals surface area contributed by atoms with Crippen LogP contribution in [-0.4, -0.2) is 41.2 Å². The zero-order chi connectivity index (χ0) is 21.7. The maximum absolute atomic E-state index is 12.5. The predicted octanol–water partition coefficient (Wildman–Crippen LogP) is 3.16. The second-order valence-corrected chi connectivity index (χ2v) is 6.96. The molecule has 0 N–H and O–H groups in total. The minimum atomic E-state index is -0.745.